The molecule has 2 aromatic rings. The lowest BCUT2D eigenvalue weighted by molar-refractivity contribution is -0.156. The van der Waals surface area contributed by atoms with Crippen LogP contribution >= 0.6 is 0 Å². The molecule has 5 rings (SSSR count). The van der Waals surface area contributed by atoms with Crippen molar-refractivity contribution in [3.05, 3.63) is 91.5 Å². The summed E-state index contributed by atoms with van der Waals surface area (Å²) in [5.74, 6) is -2.62. The number of hydrogen-bond acceptors (Lipinski definition) is 5. The zero-order chi connectivity index (χ0) is 31.8. The Morgan fingerprint density at radius 1 is 1.05 bits per heavy atom. The predicted molar refractivity (Wildman–Crippen MR) is 171 cm³/mol. The lowest BCUT2D eigenvalue weighted by Gasteiger charge is -2.40. The van der Waals surface area contributed by atoms with Gasteiger partial charge in [-0.15, -0.1) is 13.2 Å². The fourth-order valence-electron chi connectivity index (χ4n) is 7.94. The molecule has 3 aliphatic rings. The molecule has 2 aromatic carbocycles. The molecule has 3 saturated heterocycles. The van der Waals surface area contributed by atoms with Crippen LogP contribution in [0.4, 0.5) is 5.69 Å². The van der Waals surface area contributed by atoms with E-state index >= 15 is 0 Å². The number of amides is 3. The van der Waals surface area contributed by atoms with E-state index in [-0.39, 0.29) is 42.8 Å². The van der Waals surface area contributed by atoms with Gasteiger partial charge in [0.1, 0.15) is 11.6 Å². The van der Waals surface area contributed by atoms with Gasteiger partial charge in [0, 0.05) is 24.8 Å². The van der Waals surface area contributed by atoms with Gasteiger partial charge in [0.25, 0.3) is 0 Å². The first-order valence-electron chi connectivity index (χ1n) is 15.6. The zero-order valence-electron chi connectivity index (χ0n) is 26.3. The summed E-state index contributed by atoms with van der Waals surface area (Å²) in [6.45, 7) is 15.8. The molecule has 1 spiro atoms. The molecule has 0 saturated carbocycles. The summed E-state index contributed by atoms with van der Waals surface area (Å²) < 4.78 is 6.98. The van der Waals surface area contributed by atoms with Gasteiger partial charge in [-0.1, -0.05) is 67.6 Å². The van der Waals surface area contributed by atoms with E-state index in [0.717, 1.165) is 5.56 Å². The van der Waals surface area contributed by atoms with E-state index in [2.05, 4.69) is 13.2 Å². The molecule has 0 aromatic heterocycles. The maximum Gasteiger partial charge on any atom is 0.248 e. The van der Waals surface area contributed by atoms with E-state index in [1.54, 1.807) is 26.9 Å². The Balaban J connectivity index is 1.65. The van der Waals surface area contributed by atoms with Crippen molar-refractivity contribution in [1.82, 2.24) is 9.80 Å². The van der Waals surface area contributed by atoms with Crippen LogP contribution in [0.25, 0.3) is 0 Å². The molecule has 7 atom stereocenters. The van der Waals surface area contributed by atoms with Crippen LogP contribution < -0.4 is 4.90 Å². The standard InChI is InChI=1S/C36H45N3O5/c1-7-19-37(24(3)4)34(43)31-36-22-25(5)35(6,44-36)29(32(41)38(20-8-2)27-17-13-10-14-18-27)30(36)33(42)39(31)28(23-40)21-26-15-11-9-12-16-26/h7-18,24-25,28-31,40H,1-2,19-23H2,3-6H3/t25?,28-,29+,30+,31?,35-,36?/m1/s1. The molecule has 8 nitrogen and oxygen atoms in total. The smallest absolute Gasteiger partial charge is 0.248 e. The van der Waals surface area contributed by atoms with Crippen LogP contribution in [0, 0.1) is 17.8 Å². The fourth-order valence-corrected chi connectivity index (χ4v) is 7.94. The number of nitrogens with zero attached hydrogens (tertiary/aromatic N) is 3. The number of carbonyl (C=O) groups is 3. The maximum atomic E-state index is 14.9. The van der Waals surface area contributed by atoms with Gasteiger partial charge in [0.05, 0.1) is 30.1 Å². The molecule has 44 heavy (non-hydrogen) atoms. The number of benzene rings is 2. The van der Waals surface area contributed by atoms with Gasteiger partial charge in [-0.05, 0) is 57.2 Å². The Hall–Kier alpha value is -3.75. The average molecular weight is 600 g/mol. The predicted octanol–water partition coefficient (Wildman–Crippen LogP) is 4.24. The third-order valence-corrected chi connectivity index (χ3v) is 10.0. The van der Waals surface area contributed by atoms with Crippen molar-refractivity contribution in [1.29, 1.82) is 0 Å². The van der Waals surface area contributed by atoms with Crippen molar-refractivity contribution in [2.24, 2.45) is 17.8 Å². The highest BCUT2D eigenvalue weighted by atomic mass is 16.5. The van der Waals surface area contributed by atoms with Gasteiger partial charge < -0.3 is 24.5 Å². The summed E-state index contributed by atoms with van der Waals surface area (Å²) >= 11 is 0. The number of aliphatic hydroxyl groups excluding tert-OH is 1. The van der Waals surface area contributed by atoms with Gasteiger partial charge in [-0.25, -0.2) is 0 Å². The highest BCUT2D eigenvalue weighted by Gasteiger charge is 2.80. The Labute approximate surface area is 261 Å². The van der Waals surface area contributed by atoms with Crippen molar-refractivity contribution in [2.75, 3.05) is 24.6 Å². The lowest BCUT2D eigenvalue weighted by Crippen LogP contribution is -2.60. The number of fused-ring (bicyclic) bond motifs is 1. The molecule has 3 heterocycles. The number of rotatable bonds is 12. The SMILES string of the molecule is C=CCN(C(=O)[C@@H]1[C@H]2C(=O)N([C@@H](CO)Cc3ccccc3)C(C(=O)N(CC=C)C(C)C)C23CC(C)[C@@]1(C)O3)c1ccccc1. The van der Waals surface area contributed by atoms with Gasteiger partial charge in [-0.3, -0.25) is 14.4 Å². The lowest BCUT2D eigenvalue weighted by atomic mass is 9.62. The van der Waals surface area contributed by atoms with Crippen molar-refractivity contribution in [3.8, 4) is 0 Å². The van der Waals surface area contributed by atoms with E-state index in [4.69, 9.17) is 4.74 Å². The first-order chi connectivity index (χ1) is 21.0. The largest absolute Gasteiger partial charge is 0.394 e. The van der Waals surface area contributed by atoms with Crippen LogP contribution in [0.2, 0.25) is 0 Å². The molecular formula is C36H45N3O5. The van der Waals surface area contributed by atoms with Crippen LogP contribution in [-0.2, 0) is 25.5 Å². The van der Waals surface area contributed by atoms with E-state index in [1.165, 1.54) is 0 Å². The van der Waals surface area contributed by atoms with Crippen LogP contribution in [0.3, 0.4) is 0 Å². The van der Waals surface area contributed by atoms with E-state index in [9.17, 15) is 19.5 Å². The zero-order valence-corrected chi connectivity index (χ0v) is 26.3. The topological polar surface area (TPSA) is 90.4 Å². The number of para-hydroxylation sites is 1. The average Bonchev–Trinajstić information content (AvgIpc) is 3.54. The maximum absolute atomic E-state index is 14.9. The van der Waals surface area contributed by atoms with Gasteiger partial charge in [0.2, 0.25) is 17.7 Å². The number of ether oxygens (including phenoxy) is 1. The number of carbonyl (C=O) groups excluding carboxylic acids is 3. The molecule has 2 bridgehead atoms. The van der Waals surface area contributed by atoms with Crippen LogP contribution in [0.5, 0.6) is 0 Å². The first-order valence-corrected chi connectivity index (χ1v) is 15.6. The van der Waals surface area contributed by atoms with Crippen LogP contribution in [-0.4, -0.2) is 81.7 Å². The normalized spacial score (nSPS) is 29.4. The summed E-state index contributed by atoms with van der Waals surface area (Å²) in [7, 11) is 0. The molecule has 234 valence electrons. The Bertz CT molecular complexity index is 1400. The molecule has 1 N–H and O–H groups in total. The number of likely N-dealkylation sites (tertiary alicyclic amines) is 1. The minimum Gasteiger partial charge on any atom is -0.394 e. The molecule has 3 fully saturated rings. The van der Waals surface area contributed by atoms with Crippen molar-refractivity contribution >= 4 is 23.4 Å². The molecule has 0 aliphatic carbocycles. The Kier molecular flexibility index (Phi) is 8.87. The second-order valence-corrected chi connectivity index (χ2v) is 12.9. The third kappa shape index (κ3) is 4.98. The minimum absolute atomic E-state index is 0.106. The van der Waals surface area contributed by atoms with Crippen LogP contribution in [0.15, 0.2) is 86.0 Å². The quantitative estimate of drug-likeness (QED) is 0.369. The molecule has 3 unspecified atom stereocenters. The molecule has 0 radical (unpaired) electrons. The van der Waals surface area contributed by atoms with Gasteiger partial charge in [0.15, 0.2) is 0 Å². The molecular weight excluding hydrogens is 554 g/mol. The van der Waals surface area contributed by atoms with Gasteiger partial charge >= 0.3 is 0 Å². The summed E-state index contributed by atoms with van der Waals surface area (Å²) in [6, 6.07) is 17.1. The monoisotopic (exact) mass is 599 g/mol. The second-order valence-electron chi connectivity index (χ2n) is 12.9. The van der Waals surface area contributed by atoms with Crippen LogP contribution in [0.1, 0.15) is 39.7 Å². The van der Waals surface area contributed by atoms with E-state index in [1.807, 2.05) is 88.4 Å². The first kappa shape index (κ1) is 31.7. The highest BCUT2D eigenvalue weighted by molar-refractivity contribution is 6.03. The number of anilines is 1. The fraction of sp³-hybridized carbons (Fsp3) is 0.472. The highest BCUT2D eigenvalue weighted by Crippen LogP contribution is 2.66. The van der Waals surface area contributed by atoms with Crippen molar-refractivity contribution in [2.45, 2.75) is 69.9 Å². The second kappa shape index (κ2) is 12.3. The third-order valence-electron chi connectivity index (χ3n) is 10.0. The Morgan fingerprint density at radius 2 is 1.66 bits per heavy atom. The van der Waals surface area contributed by atoms with E-state index < -0.39 is 35.1 Å². The summed E-state index contributed by atoms with van der Waals surface area (Å²) in [5, 5.41) is 10.8. The summed E-state index contributed by atoms with van der Waals surface area (Å²) in [5.41, 5.74) is -0.552. The number of hydrogen-bond donors (Lipinski definition) is 1. The molecule has 3 amide bonds. The minimum atomic E-state index is -1.22. The number of aliphatic hydroxyl groups is 1. The molecule has 8 heteroatoms. The summed E-state index contributed by atoms with van der Waals surface area (Å²) in [4.78, 5) is 49.2. The molecule has 3 aliphatic heterocycles. The van der Waals surface area contributed by atoms with Gasteiger partial charge in [-0.2, -0.15) is 0 Å². The van der Waals surface area contributed by atoms with Crippen molar-refractivity contribution < 1.29 is 24.2 Å². The van der Waals surface area contributed by atoms with E-state index in [0.29, 0.717) is 25.1 Å². The van der Waals surface area contributed by atoms with Crippen molar-refractivity contribution in [3.63, 3.8) is 0 Å². The summed E-state index contributed by atoms with van der Waals surface area (Å²) in [6.07, 6.45) is 4.16. The Morgan fingerprint density at radius 3 is 2.23 bits per heavy atom.